The average Bonchev–Trinajstić information content (AvgIpc) is 2.76. The molecule has 0 spiro atoms. The van der Waals surface area contributed by atoms with Crippen LogP contribution in [0.2, 0.25) is 0 Å². The van der Waals surface area contributed by atoms with Crippen LogP contribution in [0.5, 0.6) is 11.5 Å². The molecule has 2 aromatic carbocycles. The molecule has 30 heavy (non-hydrogen) atoms. The fourth-order valence-electron chi connectivity index (χ4n) is 3.19. The molecule has 0 heterocycles. The molecular formula is C23H31N3O4. The summed E-state index contributed by atoms with van der Waals surface area (Å²) in [5.74, 6) is -0.0709. The lowest BCUT2D eigenvalue weighted by Crippen LogP contribution is -2.36. The van der Waals surface area contributed by atoms with Gasteiger partial charge in [-0.1, -0.05) is 6.07 Å². The van der Waals surface area contributed by atoms with Gasteiger partial charge in [-0.15, -0.1) is 0 Å². The van der Waals surface area contributed by atoms with Crippen molar-refractivity contribution in [2.24, 2.45) is 0 Å². The first-order chi connectivity index (χ1) is 14.4. The lowest BCUT2D eigenvalue weighted by atomic mass is 10.1. The maximum atomic E-state index is 12.3. The first-order valence-electron chi connectivity index (χ1n) is 10.1. The van der Waals surface area contributed by atoms with Crippen molar-refractivity contribution in [3.63, 3.8) is 0 Å². The third-order valence-corrected chi connectivity index (χ3v) is 4.94. The van der Waals surface area contributed by atoms with Crippen LogP contribution >= 0.6 is 0 Å². The minimum Gasteiger partial charge on any atom is -0.493 e. The summed E-state index contributed by atoms with van der Waals surface area (Å²) in [5.41, 5.74) is 3.60. The van der Waals surface area contributed by atoms with E-state index in [9.17, 15) is 9.59 Å². The summed E-state index contributed by atoms with van der Waals surface area (Å²) in [6, 6.07) is 11.4. The number of carbonyl (C=O) groups excluding carboxylic acids is 2. The van der Waals surface area contributed by atoms with Crippen LogP contribution in [0.4, 0.5) is 11.4 Å². The predicted octanol–water partition coefficient (Wildman–Crippen LogP) is 3.16. The molecule has 0 radical (unpaired) electrons. The second-order valence-corrected chi connectivity index (χ2v) is 6.82. The fourth-order valence-corrected chi connectivity index (χ4v) is 3.19. The predicted molar refractivity (Wildman–Crippen MR) is 120 cm³/mol. The van der Waals surface area contributed by atoms with E-state index in [2.05, 4.69) is 29.4 Å². The molecule has 0 aromatic heterocycles. The molecule has 7 heteroatoms. The molecular weight excluding hydrogens is 382 g/mol. The molecule has 0 aliphatic rings. The van der Waals surface area contributed by atoms with Crippen molar-refractivity contribution in [3.8, 4) is 11.5 Å². The van der Waals surface area contributed by atoms with E-state index in [1.807, 2.05) is 43.3 Å². The number of aryl methyl sites for hydroxylation is 1. The Morgan fingerprint density at radius 3 is 2.23 bits per heavy atom. The molecule has 7 nitrogen and oxygen atoms in total. The monoisotopic (exact) mass is 413 g/mol. The number of rotatable bonds is 9. The zero-order valence-corrected chi connectivity index (χ0v) is 18.4. The van der Waals surface area contributed by atoms with Crippen molar-refractivity contribution in [2.45, 2.75) is 27.2 Å². The molecule has 0 atom stereocenters. The van der Waals surface area contributed by atoms with Gasteiger partial charge in [0.2, 0.25) is 0 Å². The molecule has 0 aliphatic carbocycles. The third kappa shape index (κ3) is 5.89. The first-order valence-corrected chi connectivity index (χ1v) is 10.1. The second kappa shape index (κ2) is 11.1. The Kier molecular flexibility index (Phi) is 8.53. The van der Waals surface area contributed by atoms with Gasteiger partial charge < -0.3 is 25.0 Å². The van der Waals surface area contributed by atoms with Gasteiger partial charge in [0.1, 0.15) is 0 Å². The van der Waals surface area contributed by atoms with E-state index in [0.717, 1.165) is 29.9 Å². The smallest absolute Gasteiger partial charge is 0.313 e. The number of hydrogen-bond donors (Lipinski definition) is 2. The summed E-state index contributed by atoms with van der Waals surface area (Å²) in [4.78, 5) is 26.6. The quantitative estimate of drug-likeness (QED) is 0.618. The van der Waals surface area contributed by atoms with Gasteiger partial charge >= 0.3 is 11.8 Å². The number of amides is 2. The van der Waals surface area contributed by atoms with Crippen LogP contribution < -0.4 is 25.0 Å². The number of methoxy groups -OCH3 is 2. The molecule has 162 valence electrons. The second-order valence-electron chi connectivity index (χ2n) is 6.82. The van der Waals surface area contributed by atoms with Gasteiger partial charge in [0.05, 0.1) is 14.2 Å². The van der Waals surface area contributed by atoms with Gasteiger partial charge in [0.15, 0.2) is 11.5 Å². The van der Waals surface area contributed by atoms with Gasteiger partial charge in [-0.2, -0.15) is 0 Å². The summed E-state index contributed by atoms with van der Waals surface area (Å²) in [7, 11) is 3.15. The van der Waals surface area contributed by atoms with Gasteiger partial charge in [0.25, 0.3) is 0 Å². The Morgan fingerprint density at radius 2 is 1.63 bits per heavy atom. The number of carbonyl (C=O) groups is 2. The van der Waals surface area contributed by atoms with E-state index in [1.54, 1.807) is 14.2 Å². The molecule has 2 amide bonds. The van der Waals surface area contributed by atoms with Crippen LogP contribution in [0.25, 0.3) is 0 Å². The van der Waals surface area contributed by atoms with Gasteiger partial charge in [-0.05, 0) is 68.7 Å². The molecule has 2 N–H and O–H groups in total. The van der Waals surface area contributed by atoms with Gasteiger partial charge in [0, 0.05) is 31.0 Å². The topological polar surface area (TPSA) is 79.9 Å². The third-order valence-electron chi connectivity index (χ3n) is 4.94. The minimum absolute atomic E-state index is 0.335. The van der Waals surface area contributed by atoms with E-state index in [-0.39, 0.29) is 0 Å². The SMILES string of the molecule is CCN(CC)c1ccc(NC(=O)C(=O)NCCc2ccc(OC)c(OC)c2)c(C)c1. The van der Waals surface area contributed by atoms with Crippen molar-refractivity contribution >= 4 is 23.2 Å². The molecule has 0 saturated carbocycles. The number of benzene rings is 2. The Labute approximate surface area is 178 Å². The van der Waals surface area contributed by atoms with E-state index < -0.39 is 11.8 Å². The minimum atomic E-state index is -0.680. The highest BCUT2D eigenvalue weighted by atomic mass is 16.5. The van der Waals surface area contributed by atoms with E-state index >= 15 is 0 Å². The summed E-state index contributed by atoms with van der Waals surface area (Å²) in [5, 5.41) is 5.34. The number of nitrogens with one attached hydrogen (secondary N) is 2. The van der Waals surface area contributed by atoms with Crippen LogP contribution in [0, 0.1) is 6.92 Å². The molecule has 2 rings (SSSR count). The normalized spacial score (nSPS) is 10.3. The molecule has 0 aliphatic heterocycles. The molecule has 0 unspecified atom stereocenters. The number of ether oxygens (including phenoxy) is 2. The van der Waals surface area contributed by atoms with Gasteiger partial charge in [-0.3, -0.25) is 9.59 Å². The number of nitrogens with zero attached hydrogens (tertiary/aromatic N) is 1. The van der Waals surface area contributed by atoms with Crippen molar-refractivity contribution in [1.29, 1.82) is 0 Å². The van der Waals surface area contributed by atoms with E-state index in [4.69, 9.17) is 9.47 Å². The van der Waals surface area contributed by atoms with Crippen molar-refractivity contribution in [2.75, 3.05) is 44.1 Å². The lowest BCUT2D eigenvalue weighted by Gasteiger charge is -2.22. The maximum absolute atomic E-state index is 12.3. The molecule has 0 bridgehead atoms. The first kappa shape index (κ1) is 23.1. The molecule has 2 aromatic rings. The highest BCUT2D eigenvalue weighted by Crippen LogP contribution is 2.27. The number of hydrogen-bond acceptors (Lipinski definition) is 5. The Balaban J connectivity index is 1.90. The van der Waals surface area contributed by atoms with E-state index in [0.29, 0.717) is 30.2 Å². The van der Waals surface area contributed by atoms with Crippen LogP contribution in [0.3, 0.4) is 0 Å². The summed E-state index contributed by atoms with van der Waals surface area (Å²) in [6.45, 7) is 8.26. The maximum Gasteiger partial charge on any atom is 0.313 e. The van der Waals surface area contributed by atoms with Crippen molar-refractivity contribution in [3.05, 3.63) is 47.5 Å². The zero-order valence-electron chi connectivity index (χ0n) is 18.4. The number of anilines is 2. The summed E-state index contributed by atoms with van der Waals surface area (Å²) < 4.78 is 10.5. The Bertz CT molecular complexity index is 879. The van der Waals surface area contributed by atoms with Crippen LogP contribution in [0.1, 0.15) is 25.0 Å². The van der Waals surface area contributed by atoms with Crippen LogP contribution in [-0.4, -0.2) is 45.7 Å². The van der Waals surface area contributed by atoms with Crippen LogP contribution in [-0.2, 0) is 16.0 Å². The Hall–Kier alpha value is -3.22. The fraction of sp³-hybridized carbons (Fsp3) is 0.391. The van der Waals surface area contributed by atoms with Crippen LogP contribution in [0.15, 0.2) is 36.4 Å². The average molecular weight is 414 g/mol. The van der Waals surface area contributed by atoms with Crippen molar-refractivity contribution < 1.29 is 19.1 Å². The molecule has 0 fully saturated rings. The standard InChI is InChI=1S/C23H31N3O4/c1-6-26(7-2)18-9-10-19(16(3)14-18)25-23(28)22(27)24-13-12-17-8-11-20(29-4)21(15-17)30-5/h8-11,14-15H,6-7,12-13H2,1-5H3,(H,24,27)(H,25,28). The highest BCUT2D eigenvalue weighted by molar-refractivity contribution is 6.39. The van der Waals surface area contributed by atoms with E-state index in [1.165, 1.54) is 0 Å². The summed E-state index contributed by atoms with van der Waals surface area (Å²) in [6.07, 6.45) is 0.566. The molecule has 0 saturated heterocycles. The van der Waals surface area contributed by atoms with Gasteiger partial charge in [-0.25, -0.2) is 0 Å². The largest absolute Gasteiger partial charge is 0.493 e. The Morgan fingerprint density at radius 1 is 0.933 bits per heavy atom. The lowest BCUT2D eigenvalue weighted by molar-refractivity contribution is -0.136. The zero-order chi connectivity index (χ0) is 22.1. The highest BCUT2D eigenvalue weighted by Gasteiger charge is 2.15. The van der Waals surface area contributed by atoms with Crippen molar-refractivity contribution in [1.82, 2.24) is 5.32 Å². The summed E-state index contributed by atoms with van der Waals surface area (Å²) >= 11 is 0.